The van der Waals surface area contributed by atoms with Gasteiger partial charge in [-0.25, -0.2) is 0 Å². The molecule has 0 aliphatic heterocycles. The van der Waals surface area contributed by atoms with Crippen molar-refractivity contribution in [2.45, 2.75) is 52.1 Å². The molecule has 2 aromatic rings. The van der Waals surface area contributed by atoms with Crippen LogP contribution in [0.2, 0.25) is 0 Å². The van der Waals surface area contributed by atoms with Crippen LogP contribution in [0.25, 0.3) is 0 Å². The average Bonchev–Trinajstić information content (AvgIpc) is 3.06. The minimum absolute atomic E-state index is 0.630. The predicted molar refractivity (Wildman–Crippen MR) is 83.0 cm³/mol. The smallest absolute Gasteiger partial charge is 0.0815 e. The number of aryl methyl sites for hydroxylation is 2. The molecule has 3 heteroatoms. The standard InChI is InChI=1S/C17H23N3/c1-13-9-14(2)11-16(10-13)18-12-15-7-8-20(19-15)17-5-3-4-6-17/h7-11,17-18H,3-6,12H2,1-2H3. The normalized spacial score (nSPS) is 15.7. The molecule has 0 amide bonds. The van der Waals surface area contributed by atoms with Crippen LogP contribution in [0.3, 0.4) is 0 Å². The summed E-state index contributed by atoms with van der Waals surface area (Å²) < 4.78 is 2.16. The SMILES string of the molecule is Cc1cc(C)cc(NCc2ccn(C3CCCC3)n2)c1. The minimum atomic E-state index is 0.630. The Kier molecular flexibility index (Phi) is 3.77. The van der Waals surface area contributed by atoms with Gasteiger partial charge in [-0.05, 0) is 56.0 Å². The first-order valence-electron chi connectivity index (χ1n) is 7.57. The van der Waals surface area contributed by atoms with E-state index in [1.54, 1.807) is 0 Å². The number of benzene rings is 1. The fourth-order valence-corrected chi connectivity index (χ4v) is 3.11. The fraction of sp³-hybridized carbons (Fsp3) is 0.471. The molecule has 0 unspecified atom stereocenters. The maximum atomic E-state index is 4.71. The molecule has 1 fully saturated rings. The number of nitrogens with zero attached hydrogens (tertiary/aromatic N) is 2. The molecule has 106 valence electrons. The summed E-state index contributed by atoms with van der Waals surface area (Å²) in [5.74, 6) is 0. The number of rotatable bonds is 4. The quantitative estimate of drug-likeness (QED) is 0.900. The Morgan fingerprint density at radius 3 is 2.55 bits per heavy atom. The molecule has 0 spiro atoms. The molecule has 3 nitrogen and oxygen atoms in total. The number of hydrogen-bond donors (Lipinski definition) is 1. The number of aromatic nitrogens is 2. The second-order valence-corrected chi connectivity index (χ2v) is 5.96. The van der Waals surface area contributed by atoms with Gasteiger partial charge in [-0.1, -0.05) is 18.9 Å². The van der Waals surface area contributed by atoms with E-state index in [0.29, 0.717) is 6.04 Å². The average molecular weight is 269 g/mol. The van der Waals surface area contributed by atoms with Crippen LogP contribution in [0.5, 0.6) is 0 Å². The van der Waals surface area contributed by atoms with E-state index in [-0.39, 0.29) is 0 Å². The number of nitrogens with one attached hydrogen (secondary N) is 1. The summed E-state index contributed by atoms with van der Waals surface area (Å²) in [6.07, 6.45) is 7.40. The fourth-order valence-electron chi connectivity index (χ4n) is 3.11. The van der Waals surface area contributed by atoms with Crippen molar-refractivity contribution >= 4 is 5.69 Å². The van der Waals surface area contributed by atoms with Crippen molar-refractivity contribution in [3.8, 4) is 0 Å². The van der Waals surface area contributed by atoms with Crippen LogP contribution < -0.4 is 5.32 Å². The van der Waals surface area contributed by atoms with E-state index in [9.17, 15) is 0 Å². The molecule has 1 heterocycles. The lowest BCUT2D eigenvalue weighted by Gasteiger charge is -2.09. The van der Waals surface area contributed by atoms with Gasteiger partial charge in [0.15, 0.2) is 0 Å². The predicted octanol–water partition coefficient (Wildman–Crippen LogP) is 4.23. The zero-order valence-electron chi connectivity index (χ0n) is 12.4. The van der Waals surface area contributed by atoms with Crippen LogP contribution in [0, 0.1) is 13.8 Å². The van der Waals surface area contributed by atoms with Crippen LogP contribution in [0.15, 0.2) is 30.5 Å². The number of anilines is 1. The third-order valence-corrected chi connectivity index (χ3v) is 4.06. The van der Waals surface area contributed by atoms with Gasteiger partial charge in [0.2, 0.25) is 0 Å². The van der Waals surface area contributed by atoms with E-state index in [1.165, 1.54) is 42.5 Å². The summed E-state index contributed by atoms with van der Waals surface area (Å²) in [5, 5.41) is 8.18. The van der Waals surface area contributed by atoms with Gasteiger partial charge in [0.25, 0.3) is 0 Å². The lowest BCUT2D eigenvalue weighted by atomic mass is 10.1. The lowest BCUT2D eigenvalue weighted by molar-refractivity contribution is 0.463. The van der Waals surface area contributed by atoms with Crippen molar-refractivity contribution in [2.24, 2.45) is 0 Å². The number of hydrogen-bond acceptors (Lipinski definition) is 2. The van der Waals surface area contributed by atoms with E-state index < -0.39 is 0 Å². The Balaban J connectivity index is 1.63. The van der Waals surface area contributed by atoms with Gasteiger partial charge in [-0.2, -0.15) is 5.10 Å². The van der Waals surface area contributed by atoms with Crippen molar-refractivity contribution < 1.29 is 0 Å². The summed E-state index contributed by atoms with van der Waals surface area (Å²) in [5.41, 5.74) is 4.89. The molecule has 1 aliphatic carbocycles. The zero-order valence-corrected chi connectivity index (χ0v) is 12.4. The van der Waals surface area contributed by atoms with Crippen LogP contribution in [0.4, 0.5) is 5.69 Å². The molecule has 1 aromatic carbocycles. The molecule has 3 rings (SSSR count). The molecule has 1 aromatic heterocycles. The van der Waals surface area contributed by atoms with Crippen LogP contribution >= 0.6 is 0 Å². The maximum Gasteiger partial charge on any atom is 0.0815 e. The van der Waals surface area contributed by atoms with Crippen LogP contribution in [0.1, 0.15) is 48.5 Å². The van der Waals surface area contributed by atoms with Crippen molar-refractivity contribution in [3.63, 3.8) is 0 Å². The van der Waals surface area contributed by atoms with E-state index >= 15 is 0 Å². The second kappa shape index (κ2) is 5.70. The molecule has 1 aliphatic rings. The highest BCUT2D eigenvalue weighted by Crippen LogP contribution is 2.28. The first-order chi connectivity index (χ1) is 9.70. The summed E-state index contributed by atoms with van der Waals surface area (Å²) in [6.45, 7) is 5.06. The third kappa shape index (κ3) is 3.03. The Hall–Kier alpha value is -1.77. The molecule has 1 saturated carbocycles. The highest BCUT2D eigenvalue weighted by atomic mass is 15.3. The minimum Gasteiger partial charge on any atom is -0.379 e. The maximum absolute atomic E-state index is 4.71. The molecular formula is C17H23N3. The summed E-state index contributed by atoms with van der Waals surface area (Å²) in [4.78, 5) is 0. The van der Waals surface area contributed by atoms with Crippen molar-refractivity contribution in [1.29, 1.82) is 0 Å². The van der Waals surface area contributed by atoms with Gasteiger partial charge >= 0.3 is 0 Å². The Morgan fingerprint density at radius 2 is 1.85 bits per heavy atom. The molecule has 0 bridgehead atoms. The van der Waals surface area contributed by atoms with Gasteiger partial charge in [0.1, 0.15) is 0 Å². The molecule has 0 saturated heterocycles. The van der Waals surface area contributed by atoms with E-state index in [4.69, 9.17) is 5.10 Å². The second-order valence-electron chi connectivity index (χ2n) is 5.96. The summed E-state index contributed by atoms with van der Waals surface area (Å²) in [7, 11) is 0. The molecule has 0 atom stereocenters. The van der Waals surface area contributed by atoms with Gasteiger partial charge < -0.3 is 5.32 Å². The first kappa shape index (κ1) is 13.2. The van der Waals surface area contributed by atoms with E-state index in [2.05, 4.69) is 54.3 Å². The summed E-state index contributed by atoms with van der Waals surface area (Å²) >= 11 is 0. The molecule has 20 heavy (non-hydrogen) atoms. The van der Waals surface area contributed by atoms with Gasteiger partial charge in [0, 0.05) is 11.9 Å². The highest BCUT2D eigenvalue weighted by molar-refractivity contribution is 5.48. The van der Waals surface area contributed by atoms with Crippen LogP contribution in [-0.4, -0.2) is 9.78 Å². The summed E-state index contributed by atoms with van der Waals surface area (Å²) in [6, 6.07) is 9.32. The highest BCUT2D eigenvalue weighted by Gasteiger charge is 2.17. The van der Waals surface area contributed by atoms with Gasteiger partial charge in [-0.15, -0.1) is 0 Å². The topological polar surface area (TPSA) is 29.9 Å². The Morgan fingerprint density at radius 1 is 1.15 bits per heavy atom. The largest absolute Gasteiger partial charge is 0.379 e. The van der Waals surface area contributed by atoms with Crippen LogP contribution in [-0.2, 0) is 6.54 Å². The van der Waals surface area contributed by atoms with Crippen molar-refractivity contribution in [1.82, 2.24) is 9.78 Å². The lowest BCUT2D eigenvalue weighted by Crippen LogP contribution is -2.07. The molecule has 0 radical (unpaired) electrons. The van der Waals surface area contributed by atoms with Gasteiger partial charge in [-0.3, -0.25) is 4.68 Å². The first-order valence-corrected chi connectivity index (χ1v) is 7.57. The molecular weight excluding hydrogens is 246 g/mol. The third-order valence-electron chi connectivity index (χ3n) is 4.06. The zero-order chi connectivity index (χ0) is 13.9. The van der Waals surface area contributed by atoms with Crippen molar-refractivity contribution in [3.05, 3.63) is 47.3 Å². The monoisotopic (exact) mass is 269 g/mol. The Labute approximate surface area is 121 Å². The van der Waals surface area contributed by atoms with E-state index in [1.807, 2.05) is 0 Å². The molecule has 1 N–H and O–H groups in total. The van der Waals surface area contributed by atoms with Crippen molar-refractivity contribution in [2.75, 3.05) is 5.32 Å². The van der Waals surface area contributed by atoms with E-state index in [0.717, 1.165) is 12.2 Å². The Bertz CT molecular complexity index is 559. The van der Waals surface area contributed by atoms with Gasteiger partial charge in [0.05, 0.1) is 18.3 Å².